The molecule has 0 saturated carbocycles. The van der Waals surface area contributed by atoms with Crippen LogP contribution < -0.4 is 10.6 Å². The van der Waals surface area contributed by atoms with E-state index in [2.05, 4.69) is 15.4 Å². The first-order chi connectivity index (χ1) is 10.6. The third kappa shape index (κ3) is 4.66. The van der Waals surface area contributed by atoms with Gasteiger partial charge in [-0.15, -0.1) is 0 Å². The van der Waals surface area contributed by atoms with E-state index >= 15 is 0 Å². The number of anilines is 1. The van der Waals surface area contributed by atoms with E-state index < -0.39 is 12.2 Å². The van der Waals surface area contributed by atoms with Crippen LogP contribution in [-0.2, 0) is 9.47 Å². The molecule has 0 aromatic heterocycles. The molecule has 0 fully saturated rings. The van der Waals surface area contributed by atoms with E-state index in [4.69, 9.17) is 4.74 Å². The molecule has 1 atom stereocenters. The second kappa shape index (κ2) is 7.31. The van der Waals surface area contributed by atoms with Crippen LogP contribution in [0.15, 0.2) is 48.3 Å². The number of nitrogens with one attached hydrogen (secondary N) is 2. The first-order valence-electron chi connectivity index (χ1n) is 6.85. The summed E-state index contributed by atoms with van der Waals surface area (Å²) in [6.45, 7) is 1.94. The van der Waals surface area contributed by atoms with Gasteiger partial charge in [0.2, 0.25) is 0 Å². The number of allylic oxidation sites excluding steroid dienone is 1. The first-order valence-corrected chi connectivity index (χ1v) is 6.85. The fourth-order valence-electron chi connectivity index (χ4n) is 2.00. The Hall–Kier alpha value is -2.76. The van der Waals surface area contributed by atoms with Crippen molar-refractivity contribution in [3.05, 3.63) is 53.8 Å². The van der Waals surface area contributed by atoms with Gasteiger partial charge in [0.1, 0.15) is 5.76 Å². The fourth-order valence-corrected chi connectivity index (χ4v) is 2.00. The highest BCUT2D eigenvalue weighted by molar-refractivity contribution is 5.85. The Morgan fingerprint density at radius 2 is 2.09 bits per heavy atom. The Bertz CT molecular complexity index is 622. The van der Waals surface area contributed by atoms with Gasteiger partial charge in [-0.1, -0.05) is 18.2 Å². The van der Waals surface area contributed by atoms with Crippen LogP contribution in [0.2, 0.25) is 0 Å². The van der Waals surface area contributed by atoms with Crippen molar-refractivity contribution in [3.63, 3.8) is 0 Å². The van der Waals surface area contributed by atoms with E-state index in [1.54, 1.807) is 18.2 Å². The average Bonchev–Trinajstić information content (AvgIpc) is 2.47. The average molecular weight is 302 g/mol. The number of hydrogen-bond donors (Lipinski definition) is 2. The monoisotopic (exact) mass is 302 g/mol. The molecule has 0 spiro atoms. The largest absolute Gasteiger partial charge is 0.453 e. The minimum absolute atomic E-state index is 0.265. The predicted octanol–water partition coefficient (Wildman–Crippen LogP) is 3.11. The SMILES string of the molecule is COC(=O)NC1C=C(OC(=O)Nc2cccc(C)c2)C=CC1. The molecule has 1 aromatic carbocycles. The van der Waals surface area contributed by atoms with Crippen molar-refractivity contribution in [3.8, 4) is 0 Å². The third-order valence-corrected chi connectivity index (χ3v) is 3.00. The van der Waals surface area contributed by atoms with Crippen molar-refractivity contribution >= 4 is 17.9 Å². The van der Waals surface area contributed by atoms with E-state index in [0.29, 0.717) is 17.9 Å². The Kier molecular flexibility index (Phi) is 5.19. The van der Waals surface area contributed by atoms with Crippen LogP contribution in [0.25, 0.3) is 0 Å². The summed E-state index contributed by atoms with van der Waals surface area (Å²) in [6.07, 6.45) is 4.66. The Morgan fingerprint density at radius 3 is 2.82 bits per heavy atom. The Labute approximate surface area is 128 Å². The zero-order chi connectivity index (χ0) is 15.9. The molecular weight excluding hydrogens is 284 g/mol. The number of benzene rings is 1. The minimum Gasteiger partial charge on any atom is -0.453 e. The van der Waals surface area contributed by atoms with Gasteiger partial charge >= 0.3 is 12.2 Å². The molecule has 116 valence electrons. The standard InChI is InChI=1S/C16H18N2O4/c1-11-5-3-6-12(9-11)18-16(20)22-14-8-4-7-13(10-14)17-15(19)21-2/h3-6,8-10,13H,7H2,1-2H3,(H,17,19)(H,18,20). The highest BCUT2D eigenvalue weighted by atomic mass is 16.6. The van der Waals surface area contributed by atoms with Gasteiger partial charge in [-0.05, 0) is 43.2 Å². The normalized spacial score (nSPS) is 16.5. The molecule has 1 unspecified atom stereocenters. The lowest BCUT2D eigenvalue weighted by atomic mass is 10.1. The summed E-state index contributed by atoms with van der Waals surface area (Å²) in [7, 11) is 1.30. The van der Waals surface area contributed by atoms with E-state index in [9.17, 15) is 9.59 Å². The number of methoxy groups -OCH3 is 1. The molecule has 2 N–H and O–H groups in total. The fraction of sp³-hybridized carbons (Fsp3) is 0.250. The summed E-state index contributed by atoms with van der Waals surface area (Å²) in [5, 5.41) is 5.28. The maximum atomic E-state index is 11.9. The van der Waals surface area contributed by atoms with Crippen molar-refractivity contribution in [1.29, 1.82) is 0 Å². The number of carbonyl (C=O) groups excluding carboxylic acids is 2. The van der Waals surface area contributed by atoms with E-state index in [1.807, 2.05) is 31.2 Å². The molecule has 22 heavy (non-hydrogen) atoms. The Morgan fingerprint density at radius 1 is 1.27 bits per heavy atom. The number of hydrogen-bond acceptors (Lipinski definition) is 4. The van der Waals surface area contributed by atoms with Gasteiger partial charge in [-0.2, -0.15) is 0 Å². The minimum atomic E-state index is -0.583. The van der Waals surface area contributed by atoms with Crippen molar-refractivity contribution in [1.82, 2.24) is 5.32 Å². The van der Waals surface area contributed by atoms with E-state index in [-0.39, 0.29) is 6.04 Å². The van der Waals surface area contributed by atoms with Gasteiger partial charge in [0, 0.05) is 5.69 Å². The summed E-state index contributed by atoms with van der Waals surface area (Å²) in [6, 6.07) is 7.14. The molecule has 1 aliphatic rings. The topological polar surface area (TPSA) is 76.7 Å². The summed E-state index contributed by atoms with van der Waals surface area (Å²) < 4.78 is 9.75. The second-order valence-corrected chi connectivity index (χ2v) is 4.83. The van der Waals surface area contributed by atoms with E-state index in [0.717, 1.165) is 5.56 Å². The van der Waals surface area contributed by atoms with Gasteiger partial charge in [0.25, 0.3) is 0 Å². The first kappa shape index (κ1) is 15.6. The molecule has 0 heterocycles. The predicted molar refractivity (Wildman–Crippen MR) is 82.5 cm³/mol. The van der Waals surface area contributed by atoms with Crippen LogP contribution in [-0.4, -0.2) is 25.3 Å². The molecule has 0 bridgehead atoms. The molecule has 0 aliphatic heterocycles. The van der Waals surface area contributed by atoms with Crippen LogP contribution in [0.4, 0.5) is 15.3 Å². The third-order valence-electron chi connectivity index (χ3n) is 3.00. The molecule has 1 aliphatic carbocycles. The van der Waals surface area contributed by atoms with Crippen LogP contribution in [0.5, 0.6) is 0 Å². The van der Waals surface area contributed by atoms with Gasteiger partial charge in [-0.25, -0.2) is 9.59 Å². The lowest BCUT2D eigenvalue weighted by Crippen LogP contribution is -2.34. The van der Waals surface area contributed by atoms with Gasteiger partial charge < -0.3 is 14.8 Å². The summed E-state index contributed by atoms with van der Waals surface area (Å²) in [4.78, 5) is 23.0. The number of alkyl carbamates (subject to hydrolysis) is 1. The molecule has 2 rings (SSSR count). The van der Waals surface area contributed by atoms with Crippen LogP contribution >= 0.6 is 0 Å². The number of ether oxygens (including phenoxy) is 2. The highest BCUT2D eigenvalue weighted by Crippen LogP contribution is 2.14. The maximum Gasteiger partial charge on any atom is 0.417 e. The highest BCUT2D eigenvalue weighted by Gasteiger charge is 2.15. The quantitative estimate of drug-likeness (QED) is 0.899. The summed E-state index contributed by atoms with van der Waals surface area (Å²) in [5.74, 6) is 0.373. The molecule has 0 saturated heterocycles. The second-order valence-electron chi connectivity index (χ2n) is 4.83. The molecule has 6 heteroatoms. The smallest absolute Gasteiger partial charge is 0.417 e. The summed E-state index contributed by atoms with van der Waals surface area (Å²) >= 11 is 0. The van der Waals surface area contributed by atoms with Crippen molar-refractivity contribution in [2.45, 2.75) is 19.4 Å². The maximum absolute atomic E-state index is 11.9. The van der Waals surface area contributed by atoms with Crippen LogP contribution in [0, 0.1) is 6.92 Å². The van der Waals surface area contributed by atoms with E-state index in [1.165, 1.54) is 7.11 Å². The molecule has 6 nitrogen and oxygen atoms in total. The molecular formula is C16H18N2O4. The van der Waals surface area contributed by atoms with Crippen molar-refractivity contribution < 1.29 is 19.1 Å². The zero-order valence-electron chi connectivity index (χ0n) is 12.5. The zero-order valence-corrected chi connectivity index (χ0v) is 12.5. The van der Waals surface area contributed by atoms with Gasteiger partial charge in [-0.3, -0.25) is 5.32 Å². The molecule has 2 amide bonds. The van der Waals surface area contributed by atoms with Crippen LogP contribution in [0.1, 0.15) is 12.0 Å². The summed E-state index contributed by atoms with van der Waals surface area (Å²) in [5.41, 5.74) is 1.70. The molecule has 1 aromatic rings. The number of carbonyl (C=O) groups is 2. The van der Waals surface area contributed by atoms with Gasteiger partial charge in [0.15, 0.2) is 0 Å². The van der Waals surface area contributed by atoms with Crippen LogP contribution in [0.3, 0.4) is 0 Å². The number of aryl methyl sites for hydroxylation is 1. The number of amides is 2. The lowest BCUT2D eigenvalue weighted by molar-refractivity contribution is 0.168. The number of rotatable bonds is 3. The molecule has 0 radical (unpaired) electrons. The van der Waals surface area contributed by atoms with Gasteiger partial charge in [0.05, 0.1) is 13.2 Å². The lowest BCUT2D eigenvalue weighted by Gasteiger charge is -2.17. The van der Waals surface area contributed by atoms with Crippen molar-refractivity contribution in [2.24, 2.45) is 0 Å². The van der Waals surface area contributed by atoms with Crippen molar-refractivity contribution in [2.75, 3.05) is 12.4 Å². The Balaban J connectivity index is 1.92.